The highest BCUT2D eigenvalue weighted by atomic mass is 16.3. The number of phenols is 1. The Hall–Kier alpha value is -1.85. The molecule has 2 rings (SSSR count). The maximum absolute atomic E-state index is 11.7. The quantitative estimate of drug-likeness (QED) is 0.456. The van der Waals surface area contributed by atoms with Crippen LogP contribution < -0.4 is 16.4 Å². The summed E-state index contributed by atoms with van der Waals surface area (Å²) in [5.74, 6) is 0.0827. The molecule has 0 bridgehead atoms. The Morgan fingerprint density at radius 1 is 1.26 bits per heavy atom. The third-order valence-corrected chi connectivity index (χ3v) is 4.16. The average molecular weight is 317 g/mol. The molecule has 0 saturated heterocycles. The van der Waals surface area contributed by atoms with E-state index in [1.165, 1.54) is 6.08 Å². The Kier molecular flexibility index (Phi) is 7.10. The fourth-order valence-electron chi connectivity index (χ4n) is 2.79. The molecule has 0 aromatic heterocycles. The van der Waals surface area contributed by atoms with Gasteiger partial charge in [-0.1, -0.05) is 12.1 Å². The zero-order chi connectivity index (χ0) is 16.5. The molecular weight excluding hydrogens is 290 g/mol. The maximum atomic E-state index is 11.7. The summed E-state index contributed by atoms with van der Waals surface area (Å²) in [6.07, 6.45) is 8.61. The Labute approximate surface area is 138 Å². The Balaban J connectivity index is 1.56. The first-order valence-corrected chi connectivity index (χ1v) is 8.37. The number of aromatic hydroxyl groups is 1. The van der Waals surface area contributed by atoms with Crippen molar-refractivity contribution >= 4 is 12.0 Å². The largest absolute Gasteiger partial charge is 0.508 e. The predicted octanol–water partition coefficient (Wildman–Crippen LogP) is 1.77. The third kappa shape index (κ3) is 6.84. The van der Waals surface area contributed by atoms with Crippen molar-refractivity contribution in [2.75, 3.05) is 13.1 Å². The van der Waals surface area contributed by atoms with E-state index in [9.17, 15) is 9.90 Å². The topological polar surface area (TPSA) is 87.4 Å². The lowest BCUT2D eigenvalue weighted by Crippen LogP contribution is -2.38. The number of amides is 1. The van der Waals surface area contributed by atoms with Gasteiger partial charge in [0, 0.05) is 24.7 Å². The van der Waals surface area contributed by atoms with E-state index in [-0.39, 0.29) is 11.7 Å². The molecule has 0 radical (unpaired) electrons. The minimum atomic E-state index is -0.114. The summed E-state index contributed by atoms with van der Waals surface area (Å²) in [5.41, 5.74) is 6.69. The second-order valence-corrected chi connectivity index (χ2v) is 6.14. The molecule has 1 aromatic carbocycles. The van der Waals surface area contributed by atoms with Crippen LogP contribution >= 0.6 is 0 Å². The van der Waals surface area contributed by atoms with E-state index in [4.69, 9.17) is 5.73 Å². The molecule has 0 aliphatic heterocycles. The van der Waals surface area contributed by atoms with Gasteiger partial charge >= 0.3 is 0 Å². The van der Waals surface area contributed by atoms with Crippen LogP contribution in [0.5, 0.6) is 5.75 Å². The average Bonchev–Trinajstić information content (AvgIpc) is 2.54. The second-order valence-electron chi connectivity index (χ2n) is 6.14. The van der Waals surface area contributed by atoms with Gasteiger partial charge in [0.1, 0.15) is 5.75 Å². The molecule has 23 heavy (non-hydrogen) atoms. The lowest BCUT2D eigenvalue weighted by molar-refractivity contribution is -0.116. The highest BCUT2D eigenvalue weighted by Gasteiger charge is 2.17. The van der Waals surface area contributed by atoms with Crippen molar-refractivity contribution in [1.29, 1.82) is 0 Å². The van der Waals surface area contributed by atoms with Crippen molar-refractivity contribution < 1.29 is 9.90 Å². The lowest BCUT2D eigenvalue weighted by Gasteiger charge is -2.26. The lowest BCUT2D eigenvalue weighted by atomic mass is 9.92. The van der Waals surface area contributed by atoms with Crippen molar-refractivity contribution in [3.05, 3.63) is 35.9 Å². The molecule has 1 aliphatic carbocycles. The summed E-state index contributed by atoms with van der Waals surface area (Å²) in [5, 5.41) is 15.7. The van der Waals surface area contributed by atoms with Gasteiger partial charge in [-0.3, -0.25) is 4.79 Å². The first-order chi connectivity index (χ1) is 11.1. The molecule has 0 atom stereocenters. The van der Waals surface area contributed by atoms with Crippen LogP contribution in [0.15, 0.2) is 30.3 Å². The third-order valence-electron chi connectivity index (χ3n) is 4.16. The number of hydrogen-bond acceptors (Lipinski definition) is 4. The maximum Gasteiger partial charge on any atom is 0.243 e. The van der Waals surface area contributed by atoms with Gasteiger partial charge in [0.2, 0.25) is 5.91 Å². The molecular formula is C18H27N3O2. The van der Waals surface area contributed by atoms with Gasteiger partial charge in [-0.15, -0.1) is 0 Å². The fraction of sp³-hybridized carbons (Fsp3) is 0.500. The van der Waals surface area contributed by atoms with Crippen LogP contribution in [0.3, 0.4) is 0 Å². The molecule has 1 aliphatic rings. The van der Waals surface area contributed by atoms with Crippen LogP contribution in [-0.2, 0) is 4.79 Å². The van der Waals surface area contributed by atoms with Gasteiger partial charge in [-0.25, -0.2) is 0 Å². The molecule has 0 spiro atoms. The second kappa shape index (κ2) is 9.33. The SMILES string of the molecule is NC1CCC(NCCCNC(=O)/C=C\c2cccc(O)c2)CC1. The molecule has 0 unspecified atom stereocenters. The highest BCUT2D eigenvalue weighted by Crippen LogP contribution is 2.16. The van der Waals surface area contributed by atoms with E-state index in [0.717, 1.165) is 44.2 Å². The predicted molar refractivity (Wildman–Crippen MR) is 93.0 cm³/mol. The van der Waals surface area contributed by atoms with Crippen LogP contribution in [0.1, 0.15) is 37.7 Å². The summed E-state index contributed by atoms with van der Waals surface area (Å²) in [6.45, 7) is 1.57. The van der Waals surface area contributed by atoms with E-state index >= 15 is 0 Å². The number of phenolic OH excluding ortho intramolecular Hbond substituents is 1. The van der Waals surface area contributed by atoms with Gasteiger partial charge < -0.3 is 21.5 Å². The summed E-state index contributed by atoms with van der Waals surface area (Å²) < 4.78 is 0. The Morgan fingerprint density at radius 3 is 2.78 bits per heavy atom. The minimum Gasteiger partial charge on any atom is -0.508 e. The first-order valence-electron chi connectivity index (χ1n) is 8.37. The first kappa shape index (κ1) is 17.5. The van der Waals surface area contributed by atoms with Crippen LogP contribution in [0.4, 0.5) is 0 Å². The Bertz CT molecular complexity index is 523. The molecule has 5 N–H and O–H groups in total. The molecule has 5 heteroatoms. The zero-order valence-corrected chi connectivity index (χ0v) is 13.5. The minimum absolute atomic E-state index is 0.114. The van der Waals surface area contributed by atoms with Crippen molar-refractivity contribution in [3.8, 4) is 5.75 Å². The van der Waals surface area contributed by atoms with Gasteiger partial charge in [0.25, 0.3) is 0 Å². The van der Waals surface area contributed by atoms with Crippen LogP contribution in [0, 0.1) is 0 Å². The van der Waals surface area contributed by atoms with Gasteiger partial charge in [-0.2, -0.15) is 0 Å². The smallest absolute Gasteiger partial charge is 0.243 e. The number of carbonyl (C=O) groups excluding carboxylic acids is 1. The Morgan fingerprint density at radius 2 is 2.04 bits per heavy atom. The van der Waals surface area contributed by atoms with Crippen molar-refractivity contribution in [2.24, 2.45) is 5.73 Å². The molecule has 0 heterocycles. The fourth-order valence-corrected chi connectivity index (χ4v) is 2.79. The van der Waals surface area contributed by atoms with Crippen LogP contribution in [-0.4, -0.2) is 36.2 Å². The van der Waals surface area contributed by atoms with E-state index in [0.29, 0.717) is 18.6 Å². The van der Waals surface area contributed by atoms with Crippen LogP contribution in [0.2, 0.25) is 0 Å². The number of rotatable bonds is 7. The highest BCUT2D eigenvalue weighted by molar-refractivity contribution is 5.91. The van der Waals surface area contributed by atoms with E-state index in [1.54, 1.807) is 24.3 Å². The van der Waals surface area contributed by atoms with E-state index in [1.807, 2.05) is 6.07 Å². The normalized spacial score (nSPS) is 21.4. The van der Waals surface area contributed by atoms with Crippen molar-refractivity contribution in [1.82, 2.24) is 10.6 Å². The monoisotopic (exact) mass is 317 g/mol. The number of hydrogen-bond donors (Lipinski definition) is 4. The number of nitrogens with one attached hydrogen (secondary N) is 2. The van der Waals surface area contributed by atoms with E-state index < -0.39 is 0 Å². The number of benzene rings is 1. The standard InChI is InChI=1S/C18H27N3O2/c19-15-6-8-16(9-7-15)20-11-2-12-21-18(23)10-5-14-3-1-4-17(22)13-14/h1,3-5,10,13,15-16,20,22H,2,6-9,11-12,19H2,(H,21,23)/b10-5-. The molecule has 5 nitrogen and oxygen atoms in total. The van der Waals surface area contributed by atoms with E-state index in [2.05, 4.69) is 10.6 Å². The molecule has 126 valence electrons. The van der Waals surface area contributed by atoms with Crippen LogP contribution in [0.25, 0.3) is 6.08 Å². The van der Waals surface area contributed by atoms with Gasteiger partial charge in [-0.05, 0) is 62.4 Å². The summed E-state index contributed by atoms with van der Waals surface area (Å²) in [6, 6.07) is 7.76. The van der Waals surface area contributed by atoms with Crippen molar-refractivity contribution in [2.45, 2.75) is 44.2 Å². The zero-order valence-electron chi connectivity index (χ0n) is 13.5. The summed E-state index contributed by atoms with van der Waals surface area (Å²) >= 11 is 0. The summed E-state index contributed by atoms with van der Waals surface area (Å²) in [7, 11) is 0. The molecule has 1 aromatic rings. The molecule has 1 saturated carbocycles. The summed E-state index contributed by atoms with van der Waals surface area (Å²) in [4.78, 5) is 11.7. The van der Waals surface area contributed by atoms with Gasteiger partial charge in [0.15, 0.2) is 0 Å². The molecule has 1 amide bonds. The number of nitrogens with two attached hydrogens (primary N) is 1. The molecule has 1 fully saturated rings. The van der Waals surface area contributed by atoms with Crippen molar-refractivity contribution in [3.63, 3.8) is 0 Å². The number of carbonyl (C=O) groups is 1. The van der Waals surface area contributed by atoms with Gasteiger partial charge in [0.05, 0.1) is 0 Å².